The van der Waals surface area contributed by atoms with Crippen LogP contribution in [0.5, 0.6) is 0 Å². The minimum Gasteiger partial charge on any atom is -0.308 e. The molecule has 104 valence electrons. The van der Waals surface area contributed by atoms with Crippen molar-refractivity contribution in [2.45, 2.75) is 46.2 Å². The zero-order valence-corrected chi connectivity index (χ0v) is 12.5. The number of aromatic amines is 1. The monoisotopic (exact) mass is 279 g/mol. The average Bonchev–Trinajstić information content (AvgIpc) is 2.86. The number of aromatic nitrogens is 2. The van der Waals surface area contributed by atoms with Gasteiger partial charge in [-0.25, -0.2) is 4.98 Å². The molecule has 0 aliphatic rings. The van der Waals surface area contributed by atoms with Crippen molar-refractivity contribution in [1.29, 1.82) is 0 Å². The molecule has 2 rings (SSSR count). The lowest BCUT2D eigenvalue weighted by molar-refractivity contribution is 0.350. The smallest absolute Gasteiger partial charge is 0.268 e. The first-order valence-corrected chi connectivity index (χ1v) is 7.73. The van der Waals surface area contributed by atoms with E-state index in [1.807, 2.05) is 11.4 Å². The lowest BCUT2D eigenvalue weighted by Crippen LogP contribution is -2.33. The molecule has 2 heterocycles. The normalized spacial score (nSPS) is 13.3. The summed E-state index contributed by atoms with van der Waals surface area (Å²) in [6.45, 7) is 7.23. The number of rotatable bonds is 6. The highest BCUT2D eigenvalue weighted by Crippen LogP contribution is 2.15. The molecule has 0 fully saturated rings. The molecule has 0 aliphatic heterocycles. The standard InChI is InChI=1S/C14H21N3OS/c1-4-10(5-2)9(3)15-8-12-16-11-6-7-19-13(11)14(18)17-12/h6-7,9-10,15H,4-5,8H2,1-3H3,(H,16,17,18). The van der Waals surface area contributed by atoms with Gasteiger partial charge < -0.3 is 10.3 Å². The molecular weight excluding hydrogens is 258 g/mol. The van der Waals surface area contributed by atoms with Crippen LogP contribution in [0.25, 0.3) is 10.2 Å². The van der Waals surface area contributed by atoms with Crippen molar-refractivity contribution < 1.29 is 0 Å². The molecule has 0 aromatic carbocycles. The Balaban J connectivity index is 2.07. The number of H-pyrrole nitrogens is 1. The summed E-state index contributed by atoms with van der Waals surface area (Å²) in [5, 5.41) is 5.36. The maximum absolute atomic E-state index is 11.8. The van der Waals surface area contributed by atoms with Crippen LogP contribution < -0.4 is 10.9 Å². The van der Waals surface area contributed by atoms with Gasteiger partial charge in [-0.1, -0.05) is 26.7 Å². The molecule has 1 unspecified atom stereocenters. The van der Waals surface area contributed by atoms with Crippen LogP contribution in [-0.4, -0.2) is 16.0 Å². The Labute approximate surface area is 117 Å². The summed E-state index contributed by atoms with van der Waals surface area (Å²) in [6, 6.07) is 2.32. The van der Waals surface area contributed by atoms with Gasteiger partial charge in [0.1, 0.15) is 10.5 Å². The fourth-order valence-corrected chi connectivity index (χ4v) is 3.15. The predicted octanol–water partition coefficient (Wildman–Crippen LogP) is 2.90. The molecule has 0 spiro atoms. The molecule has 2 aromatic heterocycles. The highest BCUT2D eigenvalue weighted by atomic mass is 32.1. The highest BCUT2D eigenvalue weighted by molar-refractivity contribution is 7.17. The number of thiophene rings is 1. The van der Waals surface area contributed by atoms with Crippen molar-refractivity contribution in [2.24, 2.45) is 5.92 Å². The van der Waals surface area contributed by atoms with Gasteiger partial charge in [-0.05, 0) is 24.3 Å². The van der Waals surface area contributed by atoms with Gasteiger partial charge in [0.2, 0.25) is 0 Å². The van der Waals surface area contributed by atoms with Gasteiger partial charge in [0, 0.05) is 6.04 Å². The summed E-state index contributed by atoms with van der Waals surface area (Å²) in [6.07, 6.45) is 2.33. The molecular formula is C14H21N3OS. The van der Waals surface area contributed by atoms with Crippen LogP contribution in [-0.2, 0) is 6.54 Å². The van der Waals surface area contributed by atoms with E-state index in [1.54, 1.807) is 0 Å². The second kappa shape index (κ2) is 6.30. The number of hydrogen-bond acceptors (Lipinski definition) is 4. The van der Waals surface area contributed by atoms with Crippen molar-refractivity contribution >= 4 is 21.6 Å². The van der Waals surface area contributed by atoms with Gasteiger partial charge in [-0.2, -0.15) is 0 Å². The zero-order chi connectivity index (χ0) is 13.8. The molecule has 0 amide bonds. The average molecular weight is 279 g/mol. The van der Waals surface area contributed by atoms with Crippen LogP contribution in [0, 0.1) is 5.92 Å². The molecule has 4 nitrogen and oxygen atoms in total. The maximum Gasteiger partial charge on any atom is 0.268 e. The SMILES string of the molecule is CCC(CC)C(C)NCc1nc2ccsc2c(=O)[nH]1. The van der Waals surface area contributed by atoms with E-state index >= 15 is 0 Å². The molecule has 0 aliphatic carbocycles. The Morgan fingerprint density at radius 2 is 2.16 bits per heavy atom. The molecule has 2 N–H and O–H groups in total. The number of hydrogen-bond donors (Lipinski definition) is 2. The Bertz CT molecular complexity index is 586. The molecule has 0 bridgehead atoms. The largest absolute Gasteiger partial charge is 0.308 e. The second-order valence-corrected chi connectivity index (χ2v) is 5.81. The van der Waals surface area contributed by atoms with E-state index in [4.69, 9.17) is 0 Å². The molecule has 5 heteroatoms. The van der Waals surface area contributed by atoms with Gasteiger partial charge in [-0.15, -0.1) is 11.3 Å². The number of nitrogens with one attached hydrogen (secondary N) is 2. The number of fused-ring (bicyclic) bond motifs is 1. The van der Waals surface area contributed by atoms with Gasteiger partial charge in [0.15, 0.2) is 0 Å². The van der Waals surface area contributed by atoms with E-state index in [9.17, 15) is 4.79 Å². The van der Waals surface area contributed by atoms with Crippen LogP contribution in [0.1, 0.15) is 39.4 Å². The summed E-state index contributed by atoms with van der Waals surface area (Å²) in [7, 11) is 0. The van der Waals surface area contributed by atoms with Gasteiger partial charge in [0.25, 0.3) is 5.56 Å². The van der Waals surface area contributed by atoms with Crippen LogP contribution >= 0.6 is 11.3 Å². The molecule has 2 aromatic rings. The van der Waals surface area contributed by atoms with Crippen molar-refractivity contribution in [3.05, 3.63) is 27.6 Å². The third-order valence-corrected chi connectivity index (χ3v) is 4.61. The molecule has 0 radical (unpaired) electrons. The van der Waals surface area contributed by atoms with Gasteiger partial charge >= 0.3 is 0 Å². The van der Waals surface area contributed by atoms with Crippen LogP contribution in [0.15, 0.2) is 16.2 Å². The number of nitrogens with zero attached hydrogens (tertiary/aromatic N) is 1. The topological polar surface area (TPSA) is 57.8 Å². The maximum atomic E-state index is 11.8. The summed E-state index contributed by atoms with van der Waals surface area (Å²) >= 11 is 1.43. The fourth-order valence-electron chi connectivity index (χ4n) is 2.43. The molecule has 0 saturated carbocycles. The van der Waals surface area contributed by atoms with Crippen molar-refractivity contribution in [1.82, 2.24) is 15.3 Å². The van der Waals surface area contributed by atoms with Crippen LogP contribution in [0.3, 0.4) is 0 Å². The first-order chi connectivity index (χ1) is 9.15. The Morgan fingerprint density at radius 3 is 2.84 bits per heavy atom. The first-order valence-electron chi connectivity index (χ1n) is 6.85. The summed E-state index contributed by atoms with van der Waals surface area (Å²) in [4.78, 5) is 19.2. The van der Waals surface area contributed by atoms with Crippen molar-refractivity contribution in [3.8, 4) is 0 Å². The predicted molar refractivity (Wildman–Crippen MR) is 80.6 cm³/mol. The molecule has 1 atom stereocenters. The molecule has 19 heavy (non-hydrogen) atoms. The van der Waals surface area contributed by atoms with Gasteiger partial charge in [0.05, 0.1) is 12.1 Å². The fraction of sp³-hybridized carbons (Fsp3) is 0.571. The minimum absolute atomic E-state index is 0.0352. The highest BCUT2D eigenvalue weighted by Gasteiger charge is 2.13. The van der Waals surface area contributed by atoms with E-state index in [0.717, 1.165) is 18.4 Å². The van der Waals surface area contributed by atoms with Crippen LogP contribution in [0.2, 0.25) is 0 Å². The third kappa shape index (κ3) is 3.22. The van der Waals surface area contributed by atoms with Crippen molar-refractivity contribution in [2.75, 3.05) is 0 Å². The Hall–Kier alpha value is -1.20. The Kier molecular flexibility index (Phi) is 4.71. The molecule has 0 saturated heterocycles. The summed E-state index contributed by atoms with van der Waals surface area (Å²) in [5.41, 5.74) is 0.757. The first kappa shape index (κ1) is 14.2. The lowest BCUT2D eigenvalue weighted by atomic mass is 9.95. The quantitative estimate of drug-likeness (QED) is 0.855. The summed E-state index contributed by atoms with van der Waals surface area (Å²) < 4.78 is 0.705. The van der Waals surface area contributed by atoms with Crippen molar-refractivity contribution in [3.63, 3.8) is 0 Å². The summed E-state index contributed by atoms with van der Waals surface area (Å²) in [5.74, 6) is 1.38. The van der Waals surface area contributed by atoms with E-state index in [1.165, 1.54) is 11.3 Å². The van der Waals surface area contributed by atoms with E-state index in [2.05, 4.69) is 36.1 Å². The van der Waals surface area contributed by atoms with E-state index in [-0.39, 0.29) is 5.56 Å². The Morgan fingerprint density at radius 1 is 1.42 bits per heavy atom. The second-order valence-electron chi connectivity index (χ2n) is 4.89. The minimum atomic E-state index is -0.0352. The van der Waals surface area contributed by atoms with Crippen LogP contribution in [0.4, 0.5) is 0 Å². The van der Waals surface area contributed by atoms with Gasteiger partial charge in [-0.3, -0.25) is 4.79 Å². The lowest BCUT2D eigenvalue weighted by Gasteiger charge is -2.22. The van der Waals surface area contributed by atoms with E-state index in [0.29, 0.717) is 29.0 Å². The zero-order valence-electron chi connectivity index (χ0n) is 11.7. The third-order valence-electron chi connectivity index (χ3n) is 3.71. The van der Waals surface area contributed by atoms with E-state index < -0.39 is 0 Å².